The van der Waals surface area contributed by atoms with Crippen molar-refractivity contribution in [2.45, 2.75) is 135 Å². The molecule has 0 atom stereocenters. The number of anilines is 1. The molecule has 1 rings (SSSR count). The molecule has 0 spiro atoms. The number of carbonyl (C=O) groups is 2. The summed E-state index contributed by atoms with van der Waals surface area (Å²) in [5.74, 6) is 0.148. The van der Waals surface area contributed by atoms with Gasteiger partial charge in [-0.15, -0.1) is 0 Å². The van der Waals surface area contributed by atoms with Crippen molar-refractivity contribution in [2.24, 2.45) is 0 Å². The standard InChI is InChI=1S/C31H55N3O3/c1-2-3-4-5-6-7-8-9-10-11-12-13-14-15-16-19-26-32-31(37)33-27-20-17-18-21-30(36)34-28-22-24-29(35)25-23-28/h22-25,35H,2-21,26-27H2,1H3,(H,34,36)(H2,32,33,37). The number of hydrogen-bond acceptors (Lipinski definition) is 3. The fourth-order valence-corrected chi connectivity index (χ4v) is 4.50. The number of aromatic hydroxyl groups is 1. The summed E-state index contributed by atoms with van der Waals surface area (Å²) in [6.07, 6.45) is 24.6. The largest absolute Gasteiger partial charge is 0.508 e. The summed E-state index contributed by atoms with van der Waals surface area (Å²) in [7, 11) is 0. The third kappa shape index (κ3) is 21.5. The fraction of sp³-hybridized carbons (Fsp3) is 0.742. The second-order valence-electron chi connectivity index (χ2n) is 10.4. The molecular weight excluding hydrogens is 462 g/mol. The van der Waals surface area contributed by atoms with E-state index in [0.717, 1.165) is 32.2 Å². The molecule has 0 saturated carbocycles. The van der Waals surface area contributed by atoms with Crippen LogP contribution < -0.4 is 16.0 Å². The molecule has 0 bridgehead atoms. The molecule has 3 amide bonds. The van der Waals surface area contributed by atoms with Crippen molar-refractivity contribution in [3.8, 4) is 5.75 Å². The molecule has 212 valence electrons. The molecule has 4 N–H and O–H groups in total. The zero-order chi connectivity index (χ0) is 26.8. The molecule has 0 heterocycles. The highest BCUT2D eigenvalue weighted by molar-refractivity contribution is 5.90. The summed E-state index contributed by atoms with van der Waals surface area (Å²) in [4.78, 5) is 23.8. The first-order valence-corrected chi connectivity index (χ1v) is 15.2. The number of phenolic OH excluding ortho intramolecular Hbond substituents is 1. The molecule has 0 fully saturated rings. The van der Waals surface area contributed by atoms with Gasteiger partial charge in [-0.3, -0.25) is 4.79 Å². The molecule has 0 unspecified atom stereocenters. The first-order valence-electron chi connectivity index (χ1n) is 15.2. The zero-order valence-corrected chi connectivity index (χ0v) is 23.6. The number of phenols is 1. The lowest BCUT2D eigenvalue weighted by Gasteiger charge is -2.08. The third-order valence-electron chi connectivity index (χ3n) is 6.83. The van der Waals surface area contributed by atoms with E-state index >= 15 is 0 Å². The van der Waals surface area contributed by atoms with Crippen LogP contribution in [0.2, 0.25) is 0 Å². The van der Waals surface area contributed by atoms with Crippen LogP contribution in [0.4, 0.5) is 10.5 Å². The minimum atomic E-state index is -0.0916. The topological polar surface area (TPSA) is 90.5 Å². The smallest absolute Gasteiger partial charge is 0.314 e. The van der Waals surface area contributed by atoms with E-state index in [2.05, 4.69) is 22.9 Å². The van der Waals surface area contributed by atoms with Gasteiger partial charge in [0.15, 0.2) is 0 Å². The number of urea groups is 1. The summed E-state index contributed by atoms with van der Waals surface area (Å²) < 4.78 is 0. The van der Waals surface area contributed by atoms with Crippen molar-refractivity contribution in [1.29, 1.82) is 0 Å². The summed E-state index contributed by atoms with van der Waals surface area (Å²) in [5.41, 5.74) is 0.686. The van der Waals surface area contributed by atoms with Crippen molar-refractivity contribution in [1.82, 2.24) is 10.6 Å². The van der Waals surface area contributed by atoms with Gasteiger partial charge in [0.2, 0.25) is 5.91 Å². The Morgan fingerprint density at radius 1 is 0.595 bits per heavy atom. The molecule has 37 heavy (non-hydrogen) atoms. The Hall–Kier alpha value is -2.24. The monoisotopic (exact) mass is 517 g/mol. The molecule has 1 aromatic rings. The second kappa shape index (κ2) is 24.1. The van der Waals surface area contributed by atoms with Crippen molar-refractivity contribution in [2.75, 3.05) is 18.4 Å². The Balaban J connectivity index is 1.77. The van der Waals surface area contributed by atoms with E-state index in [1.807, 2.05) is 0 Å². The van der Waals surface area contributed by atoms with E-state index in [9.17, 15) is 14.7 Å². The van der Waals surface area contributed by atoms with Gasteiger partial charge in [-0.05, 0) is 43.5 Å². The van der Waals surface area contributed by atoms with E-state index < -0.39 is 0 Å². The van der Waals surface area contributed by atoms with Crippen molar-refractivity contribution in [3.63, 3.8) is 0 Å². The maximum atomic E-state index is 11.9. The lowest BCUT2D eigenvalue weighted by Crippen LogP contribution is -2.36. The maximum Gasteiger partial charge on any atom is 0.314 e. The highest BCUT2D eigenvalue weighted by Gasteiger charge is 2.03. The molecule has 1 aromatic carbocycles. The van der Waals surface area contributed by atoms with E-state index in [4.69, 9.17) is 0 Å². The van der Waals surface area contributed by atoms with Crippen molar-refractivity contribution >= 4 is 17.6 Å². The zero-order valence-electron chi connectivity index (χ0n) is 23.6. The van der Waals surface area contributed by atoms with Crippen LogP contribution in [0.3, 0.4) is 0 Å². The van der Waals surface area contributed by atoms with Crippen molar-refractivity contribution < 1.29 is 14.7 Å². The summed E-state index contributed by atoms with van der Waals surface area (Å²) in [6, 6.07) is 6.36. The average Bonchev–Trinajstić information content (AvgIpc) is 2.89. The van der Waals surface area contributed by atoms with Crippen LogP contribution in [0.25, 0.3) is 0 Å². The predicted octanol–water partition coefficient (Wildman–Crippen LogP) is 8.45. The van der Waals surface area contributed by atoms with Crippen LogP contribution in [0.5, 0.6) is 5.75 Å². The normalized spacial score (nSPS) is 10.8. The maximum absolute atomic E-state index is 11.9. The Kier molecular flexibility index (Phi) is 21.4. The van der Waals surface area contributed by atoms with Crippen LogP contribution >= 0.6 is 0 Å². The minimum absolute atomic E-state index is 0.0322. The van der Waals surface area contributed by atoms with Crippen LogP contribution in [-0.4, -0.2) is 30.1 Å². The molecule has 0 aliphatic heterocycles. The van der Waals surface area contributed by atoms with Gasteiger partial charge in [-0.1, -0.05) is 110 Å². The van der Waals surface area contributed by atoms with E-state index in [1.165, 1.54) is 96.3 Å². The van der Waals surface area contributed by atoms with Crippen LogP contribution in [0.1, 0.15) is 135 Å². The molecule has 0 aromatic heterocycles. The number of carbonyl (C=O) groups excluding carboxylic acids is 2. The van der Waals surface area contributed by atoms with Gasteiger partial charge in [0.1, 0.15) is 5.75 Å². The number of unbranched alkanes of at least 4 members (excludes halogenated alkanes) is 17. The van der Waals surface area contributed by atoms with E-state index in [1.54, 1.807) is 24.3 Å². The molecule has 6 heteroatoms. The molecule has 6 nitrogen and oxygen atoms in total. The number of nitrogens with one attached hydrogen (secondary N) is 3. The van der Waals surface area contributed by atoms with Gasteiger partial charge in [0.05, 0.1) is 0 Å². The van der Waals surface area contributed by atoms with Crippen molar-refractivity contribution in [3.05, 3.63) is 24.3 Å². The number of hydrogen-bond donors (Lipinski definition) is 4. The highest BCUT2D eigenvalue weighted by atomic mass is 16.3. The van der Waals surface area contributed by atoms with E-state index in [-0.39, 0.29) is 17.7 Å². The SMILES string of the molecule is CCCCCCCCCCCCCCCCCCNC(=O)NCCCCCC(=O)Nc1ccc(O)cc1. The fourth-order valence-electron chi connectivity index (χ4n) is 4.50. The summed E-state index contributed by atoms with van der Waals surface area (Å²) in [6.45, 7) is 3.64. The van der Waals surface area contributed by atoms with Gasteiger partial charge < -0.3 is 21.1 Å². The molecule has 0 aliphatic rings. The average molecular weight is 518 g/mol. The number of rotatable bonds is 24. The first-order chi connectivity index (χ1) is 18.1. The van der Waals surface area contributed by atoms with Gasteiger partial charge in [0.25, 0.3) is 0 Å². The molecular formula is C31H55N3O3. The Morgan fingerprint density at radius 2 is 1.00 bits per heavy atom. The molecule has 0 saturated heterocycles. The van der Waals surface area contributed by atoms with Gasteiger partial charge in [-0.2, -0.15) is 0 Å². The number of benzene rings is 1. The van der Waals surface area contributed by atoms with Crippen LogP contribution in [0.15, 0.2) is 24.3 Å². The number of amides is 3. The predicted molar refractivity (Wildman–Crippen MR) is 156 cm³/mol. The van der Waals surface area contributed by atoms with Crippen LogP contribution in [-0.2, 0) is 4.79 Å². The quantitative estimate of drug-likeness (QED) is 0.0819. The molecule has 0 aliphatic carbocycles. The third-order valence-corrected chi connectivity index (χ3v) is 6.83. The van der Waals surface area contributed by atoms with Gasteiger partial charge in [-0.25, -0.2) is 4.79 Å². The lowest BCUT2D eigenvalue weighted by atomic mass is 10.0. The summed E-state index contributed by atoms with van der Waals surface area (Å²) >= 11 is 0. The Labute approximate surface area is 226 Å². The molecule has 0 radical (unpaired) electrons. The Morgan fingerprint density at radius 3 is 1.46 bits per heavy atom. The summed E-state index contributed by atoms with van der Waals surface area (Å²) in [5, 5.41) is 17.9. The minimum Gasteiger partial charge on any atom is -0.508 e. The van der Waals surface area contributed by atoms with E-state index in [0.29, 0.717) is 18.7 Å². The first kappa shape index (κ1) is 32.8. The Bertz CT molecular complexity index is 679. The highest BCUT2D eigenvalue weighted by Crippen LogP contribution is 2.15. The van der Waals surface area contributed by atoms with Crippen LogP contribution in [0, 0.1) is 0 Å². The second-order valence-corrected chi connectivity index (χ2v) is 10.4. The van der Waals surface area contributed by atoms with Gasteiger partial charge in [0, 0.05) is 25.2 Å². The van der Waals surface area contributed by atoms with Gasteiger partial charge >= 0.3 is 6.03 Å². The lowest BCUT2D eigenvalue weighted by molar-refractivity contribution is -0.116.